The Hall–Kier alpha value is -1.45. The molecule has 1 amide bonds. The lowest BCUT2D eigenvalue weighted by molar-refractivity contribution is -0.120. The van der Waals surface area contributed by atoms with Crippen molar-refractivity contribution < 1.29 is 4.79 Å². The zero-order valence-electron chi connectivity index (χ0n) is 13.5. The highest BCUT2D eigenvalue weighted by Gasteiger charge is 2.17. The number of benzene rings is 2. The summed E-state index contributed by atoms with van der Waals surface area (Å²) in [5.41, 5.74) is 1.30. The second-order valence-corrected chi connectivity index (χ2v) is 7.41. The van der Waals surface area contributed by atoms with Crippen LogP contribution in [0.5, 0.6) is 0 Å². The molecule has 4 heteroatoms. The Morgan fingerprint density at radius 3 is 2.43 bits per heavy atom. The third-order valence-electron chi connectivity index (χ3n) is 3.61. The van der Waals surface area contributed by atoms with Crippen LogP contribution in [-0.2, 0) is 11.2 Å². The molecule has 0 saturated heterocycles. The summed E-state index contributed by atoms with van der Waals surface area (Å²) < 4.78 is 0. The molecule has 1 N–H and O–H groups in total. The second kappa shape index (κ2) is 8.99. The zero-order valence-corrected chi connectivity index (χ0v) is 15.0. The molecule has 2 nitrogen and oxygen atoms in total. The van der Waals surface area contributed by atoms with Crippen molar-refractivity contribution in [3.63, 3.8) is 0 Å². The molecule has 0 fully saturated rings. The summed E-state index contributed by atoms with van der Waals surface area (Å²) in [4.78, 5) is 13.2. The summed E-state index contributed by atoms with van der Waals surface area (Å²) in [6, 6.07) is 18.1. The minimum Gasteiger partial charge on any atom is -0.353 e. The molecule has 0 unspecified atom stereocenters. The SMILES string of the molecule is C[C@H](CCc1ccccc1)NC(=O)[C@H](C)Sc1ccccc1Cl. The summed E-state index contributed by atoms with van der Waals surface area (Å²) in [7, 11) is 0. The topological polar surface area (TPSA) is 29.1 Å². The van der Waals surface area contributed by atoms with Gasteiger partial charge in [0.2, 0.25) is 5.91 Å². The van der Waals surface area contributed by atoms with Gasteiger partial charge in [-0.25, -0.2) is 0 Å². The molecule has 0 aliphatic rings. The molecule has 0 spiro atoms. The highest BCUT2D eigenvalue weighted by atomic mass is 35.5. The molecule has 0 aliphatic heterocycles. The number of rotatable bonds is 7. The summed E-state index contributed by atoms with van der Waals surface area (Å²) >= 11 is 7.63. The van der Waals surface area contributed by atoms with Gasteiger partial charge in [-0.2, -0.15) is 0 Å². The smallest absolute Gasteiger partial charge is 0.233 e. The van der Waals surface area contributed by atoms with Crippen LogP contribution in [0.3, 0.4) is 0 Å². The van der Waals surface area contributed by atoms with Gasteiger partial charge in [-0.05, 0) is 44.4 Å². The van der Waals surface area contributed by atoms with E-state index in [0.717, 1.165) is 17.7 Å². The van der Waals surface area contributed by atoms with E-state index in [1.807, 2.05) is 56.3 Å². The van der Waals surface area contributed by atoms with Gasteiger partial charge >= 0.3 is 0 Å². The van der Waals surface area contributed by atoms with E-state index >= 15 is 0 Å². The number of nitrogens with one attached hydrogen (secondary N) is 1. The van der Waals surface area contributed by atoms with Crippen molar-refractivity contribution in [1.82, 2.24) is 5.32 Å². The quantitative estimate of drug-likeness (QED) is 0.717. The maximum atomic E-state index is 12.3. The highest BCUT2D eigenvalue weighted by molar-refractivity contribution is 8.00. The minimum absolute atomic E-state index is 0.0514. The number of halogens is 1. The van der Waals surface area contributed by atoms with Gasteiger partial charge in [0.1, 0.15) is 0 Å². The predicted molar refractivity (Wildman–Crippen MR) is 99.1 cm³/mol. The first kappa shape index (κ1) is 17.9. The van der Waals surface area contributed by atoms with Crippen LogP contribution in [0.2, 0.25) is 5.02 Å². The third-order valence-corrected chi connectivity index (χ3v) is 5.23. The van der Waals surface area contributed by atoms with Crippen molar-refractivity contribution in [3.8, 4) is 0 Å². The minimum atomic E-state index is -0.172. The number of aryl methyl sites for hydroxylation is 1. The van der Waals surface area contributed by atoms with Crippen molar-refractivity contribution in [3.05, 3.63) is 65.2 Å². The molecule has 2 atom stereocenters. The van der Waals surface area contributed by atoms with E-state index in [9.17, 15) is 4.79 Å². The molecular weight excluding hydrogens is 326 g/mol. The Labute approximate surface area is 147 Å². The summed E-state index contributed by atoms with van der Waals surface area (Å²) in [6.45, 7) is 3.96. The molecule has 0 bridgehead atoms. The van der Waals surface area contributed by atoms with E-state index in [0.29, 0.717) is 5.02 Å². The van der Waals surface area contributed by atoms with Crippen molar-refractivity contribution in [2.45, 2.75) is 42.9 Å². The molecule has 2 aromatic carbocycles. The lowest BCUT2D eigenvalue weighted by Gasteiger charge is -2.18. The van der Waals surface area contributed by atoms with E-state index in [1.54, 1.807) is 0 Å². The van der Waals surface area contributed by atoms with Crippen molar-refractivity contribution in [2.75, 3.05) is 0 Å². The Balaban J connectivity index is 1.80. The molecule has 0 saturated carbocycles. The lowest BCUT2D eigenvalue weighted by Crippen LogP contribution is -2.37. The number of thioether (sulfide) groups is 1. The maximum absolute atomic E-state index is 12.3. The van der Waals surface area contributed by atoms with Gasteiger partial charge in [-0.15, -0.1) is 11.8 Å². The van der Waals surface area contributed by atoms with E-state index in [4.69, 9.17) is 11.6 Å². The molecule has 2 aromatic rings. The summed E-state index contributed by atoms with van der Waals surface area (Å²) in [6.07, 6.45) is 1.90. The fourth-order valence-electron chi connectivity index (χ4n) is 2.24. The van der Waals surface area contributed by atoms with Crippen LogP contribution in [0, 0.1) is 0 Å². The Kier molecular flexibility index (Phi) is 7.00. The van der Waals surface area contributed by atoms with E-state index in [-0.39, 0.29) is 17.2 Å². The van der Waals surface area contributed by atoms with Crippen LogP contribution in [0.1, 0.15) is 25.8 Å². The van der Waals surface area contributed by atoms with Gasteiger partial charge < -0.3 is 5.32 Å². The van der Waals surface area contributed by atoms with Gasteiger partial charge in [0.05, 0.1) is 10.3 Å². The van der Waals surface area contributed by atoms with Crippen LogP contribution >= 0.6 is 23.4 Å². The first-order valence-electron chi connectivity index (χ1n) is 7.81. The number of carbonyl (C=O) groups is 1. The molecular formula is C19H22ClNOS. The Bertz CT molecular complexity index is 632. The van der Waals surface area contributed by atoms with E-state index in [1.165, 1.54) is 17.3 Å². The van der Waals surface area contributed by atoms with Crippen molar-refractivity contribution in [2.24, 2.45) is 0 Å². The van der Waals surface area contributed by atoms with Crippen LogP contribution in [-0.4, -0.2) is 17.2 Å². The van der Waals surface area contributed by atoms with E-state index in [2.05, 4.69) is 17.4 Å². The number of carbonyl (C=O) groups excluding carboxylic acids is 1. The second-order valence-electron chi connectivity index (χ2n) is 5.62. The molecule has 2 rings (SSSR count). The van der Waals surface area contributed by atoms with Crippen LogP contribution < -0.4 is 5.32 Å². The summed E-state index contributed by atoms with van der Waals surface area (Å²) in [5, 5.41) is 3.60. The van der Waals surface area contributed by atoms with Crippen molar-refractivity contribution >= 4 is 29.3 Å². The van der Waals surface area contributed by atoms with Gasteiger partial charge in [0, 0.05) is 10.9 Å². The fourth-order valence-corrected chi connectivity index (χ4v) is 3.41. The molecule has 0 aromatic heterocycles. The monoisotopic (exact) mass is 347 g/mol. The normalized spacial score (nSPS) is 13.3. The molecule has 0 radical (unpaired) electrons. The zero-order chi connectivity index (χ0) is 16.7. The average molecular weight is 348 g/mol. The number of amides is 1. The van der Waals surface area contributed by atoms with Crippen molar-refractivity contribution in [1.29, 1.82) is 0 Å². The van der Waals surface area contributed by atoms with Crippen LogP contribution in [0.4, 0.5) is 0 Å². The van der Waals surface area contributed by atoms with Crippen LogP contribution in [0.25, 0.3) is 0 Å². The molecule has 0 aliphatic carbocycles. The first-order valence-corrected chi connectivity index (χ1v) is 9.07. The summed E-state index contributed by atoms with van der Waals surface area (Å²) in [5.74, 6) is 0.0514. The van der Waals surface area contributed by atoms with Gasteiger partial charge in [-0.3, -0.25) is 4.79 Å². The Morgan fingerprint density at radius 1 is 1.09 bits per heavy atom. The number of hydrogen-bond acceptors (Lipinski definition) is 2. The third kappa shape index (κ3) is 5.92. The standard InChI is InChI=1S/C19H22ClNOS/c1-14(12-13-16-8-4-3-5-9-16)21-19(22)15(2)23-18-11-7-6-10-17(18)20/h3-11,14-15H,12-13H2,1-2H3,(H,21,22)/t14-,15+/m1/s1. The van der Waals surface area contributed by atoms with Gasteiger partial charge in [-0.1, -0.05) is 54.1 Å². The first-order chi connectivity index (χ1) is 11.1. The highest BCUT2D eigenvalue weighted by Crippen LogP contribution is 2.30. The fraction of sp³-hybridized carbons (Fsp3) is 0.316. The predicted octanol–water partition coefficient (Wildman–Crippen LogP) is 4.96. The van der Waals surface area contributed by atoms with Gasteiger partial charge in [0.15, 0.2) is 0 Å². The lowest BCUT2D eigenvalue weighted by atomic mass is 10.1. The van der Waals surface area contributed by atoms with Crippen LogP contribution in [0.15, 0.2) is 59.5 Å². The average Bonchev–Trinajstić information content (AvgIpc) is 2.56. The largest absolute Gasteiger partial charge is 0.353 e. The molecule has 23 heavy (non-hydrogen) atoms. The number of hydrogen-bond donors (Lipinski definition) is 1. The molecule has 0 heterocycles. The maximum Gasteiger partial charge on any atom is 0.233 e. The van der Waals surface area contributed by atoms with E-state index < -0.39 is 0 Å². The van der Waals surface area contributed by atoms with Gasteiger partial charge in [0.25, 0.3) is 0 Å². The molecule has 122 valence electrons. The Morgan fingerprint density at radius 2 is 1.74 bits per heavy atom.